The Bertz CT molecular complexity index is 999. The van der Waals surface area contributed by atoms with Crippen LogP contribution in [0, 0.1) is 6.92 Å². The van der Waals surface area contributed by atoms with Crippen LogP contribution in [0.25, 0.3) is 10.9 Å². The molecule has 1 fully saturated rings. The molecule has 1 aliphatic rings. The highest BCUT2D eigenvalue weighted by molar-refractivity contribution is 6.30. The van der Waals surface area contributed by atoms with Gasteiger partial charge >= 0.3 is 0 Å². The monoisotopic (exact) mass is 394 g/mol. The van der Waals surface area contributed by atoms with Crippen LogP contribution in [-0.2, 0) is 0 Å². The second-order valence-corrected chi connectivity index (χ2v) is 7.84. The van der Waals surface area contributed by atoms with E-state index in [-0.39, 0.29) is 11.9 Å². The van der Waals surface area contributed by atoms with Crippen LogP contribution in [0.4, 0.5) is 5.82 Å². The minimum Gasteiger partial charge on any atom is -0.367 e. The summed E-state index contributed by atoms with van der Waals surface area (Å²) in [4.78, 5) is 21.1. The van der Waals surface area contributed by atoms with Crippen molar-refractivity contribution < 1.29 is 4.79 Å². The van der Waals surface area contributed by atoms with Crippen molar-refractivity contribution in [3.05, 3.63) is 64.9 Å². The molecule has 3 aromatic rings. The molecule has 4 rings (SSSR count). The van der Waals surface area contributed by atoms with Gasteiger partial charge in [0.05, 0.1) is 16.1 Å². The predicted molar refractivity (Wildman–Crippen MR) is 113 cm³/mol. The van der Waals surface area contributed by atoms with Crippen LogP contribution in [0.3, 0.4) is 0 Å². The number of hydrogen-bond donors (Lipinski definition) is 2. The van der Waals surface area contributed by atoms with Crippen molar-refractivity contribution in [3.63, 3.8) is 0 Å². The van der Waals surface area contributed by atoms with Gasteiger partial charge in [-0.15, -0.1) is 0 Å². The van der Waals surface area contributed by atoms with Crippen molar-refractivity contribution in [3.8, 4) is 0 Å². The number of hydrogen-bond acceptors (Lipinski definition) is 4. The minimum atomic E-state index is -0.113. The van der Waals surface area contributed by atoms with Gasteiger partial charge in [0.1, 0.15) is 5.82 Å². The molecule has 1 amide bonds. The van der Waals surface area contributed by atoms with Gasteiger partial charge < -0.3 is 10.6 Å². The van der Waals surface area contributed by atoms with Gasteiger partial charge in [-0.3, -0.25) is 9.78 Å². The summed E-state index contributed by atoms with van der Waals surface area (Å²) in [6.07, 6.45) is 6.92. The van der Waals surface area contributed by atoms with Gasteiger partial charge in [-0.1, -0.05) is 29.8 Å². The Kier molecular flexibility index (Phi) is 5.44. The number of aromatic nitrogens is 2. The molecule has 6 heteroatoms. The van der Waals surface area contributed by atoms with Gasteiger partial charge in [0.15, 0.2) is 0 Å². The van der Waals surface area contributed by atoms with Gasteiger partial charge in [0, 0.05) is 29.9 Å². The molecule has 1 aromatic carbocycles. The second kappa shape index (κ2) is 8.15. The average molecular weight is 395 g/mol. The molecule has 0 aliphatic heterocycles. The molecule has 0 bridgehead atoms. The molecule has 2 heterocycles. The lowest BCUT2D eigenvalue weighted by atomic mass is 9.91. The predicted octanol–water partition coefficient (Wildman–Crippen LogP) is 4.74. The van der Waals surface area contributed by atoms with E-state index in [9.17, 15) is 4.79 Å². The molecule has 144 valence electrons. The highest BCUT2D eigenvalue weighted by Crippen LogP contribution is 2.25. The number of halogens is 1. The van der Waals surface area contributed by atoms with Gasteiger partial charge in [0.25, 0.3) is 5.91 Å². The van der Waals surface area contributed by atoms with Crippen LogP contribution in [-0.4, -0.2) is 28.0 Å². The third-order valence-corrected chi connectivity index (χ3v) is 5.51. The lowest BCUT2D eigenvalue weighted by molar-refractivity contribution is 0.0926. The number of carbonyl (C=O) groups is 1. The molecule has 0 spiro atoms. The third kappa shape index (κ3) is 4.25. The topological polar surface area (TPSA) is 66.9 Å². The third-order valence-electron chi connectivity index (χ3n) is 5.30. The number of benzene rings is 1. The number of amides is 1. The normalized spacial score (nSPS) is 19.4. The zero-order valence-corrected chi connectivity index (χ0v) is 16.5. The quantitative estimate of drug-likeness (QED) is 0.670. The SMILES string of the molecule is Cc1cc(NC2CCC(NC(=O)c3cncc(Cl)c3)CC2)nc2ccccc12. The Hall–Kier alpha value is -2.66. The van der Waals surface area contributed by atoms with E-state index in [0.29, 0.717) is 16.6 Å². The van der Waals surface area contributed by atoms with Crippen LogP contribution >= 0.6 is 11.6 Å². The Morgan fingerprint density at radius 1 is 1.07 bits per heavy atom. The molecule has 28 heavy (non-hydrogen) atoms. The van der Waals surface area contributed by atoms with Gasteiger partial charge in [0.2, 0.25) is 0 Å². The number of nitrogens with one attached hydrogen (secondary N) is 2. The molecule has 0 unspecified atom stereocenters. The molecular weight excluding hydrogens is 372 g/mol. The van der Waals surface area contributed by atoms with Gasteiger partial charge in [-0.2, -0.15) is 0 Å². The highest BCUT2D eigenvalue weighted by Gasteiger charge is 2.23. The minimum absolute atomic E-state index is 0.113. The van der Waals surface area contributed by atoms with E-state index in [2.05, 4.69) is 34.7 Å². The summed E-state index contributed by atoms with van der Waals surface area (Å²) in [6, 6.07) is 12.5. The Morgan fingerprint density at radius 3 is 2.61 bits per heavy atom. The number of anilines is 1. The number of nitrogens with zero attached hydrogens (tertiary/aromatic N) is 2. The summed E-state index contributed by atoms with van der Waals surface area (Å²) >= 11 is 5.92. The van der Waals surface area contributed by atoms with Crippen molar-refractivity contribution in [2.75, 3.05) is 5.32 Å². The Morgan fingerprint density at radius 2 is 1.82 bits per heavy atom. The molecule has 2 N–H and O–H groups in total. The first-order valence-corrected chi connectivity index (χ1v) is 10.0. The molecule has 2 aromatic heterocycles. The average Bonchev–Trinajstić information content (AvgIpc) is 2.69. The van der Waals surface area contributed by atoms with E-state index in [4.69, 9.17) is 16.6 Å². The summed E-state index contributed by atoms with van der Waals surface area (Å²) < 4.78 is 0. The first kappa shape index (κ1) is 18.7. The maximum absolute atomic E-state index is 12.4. The van der Waals surface area contributed by atoms with Crippen LogP contribution in [0.1, 0.15) is 41.6 Å². The summed E-state index contributed by atoms with van der Waals surface area (Å²) in [6.45, 7) is 2.12. The zero-order valence-electron chi connectivity index (χ0n) is 15.8. The van der Waals surface area contributed by atoms with Crippen LogP contribution in [0.2, 0.25) is 5.02 Å². The van der Waals surface area contributed by atoms with Crippen molar-refractivity contribution in [1.82, 2.24) is 15.3 Å². The van der Waals surface area contributed by atoms with E-state index in [1.807, 2.05) is 18.2 Å². The standard InChI is InChI=1S/C22H23ClN4O/c1-14-10-21(27-20-5-3-2-4-19(14)20)25-17-6-8-18(9-7-17)26-22(28)15-11-16(23)13-24-12-15/h2-5,10-13,17-18H,6-9H2,1H3,(H,25,27)(H,26,28). The summed E-state index contributed by atoms with van der Waals surface area (Å²) in [5.41, 5.74) is 2.74. The van der Waals surface area contributed by atoms with Crippen LogP contribution < -0.4 is 10.6 Å². The zero-order chi connectivity index (χ0) is 19.5. The van der Waals surface area contributed by atoms with Gasteiger partial charge in [-0.05, 0) is 56.4 Å². The molecule has 0 atom stereocenters. The van der Waals surface area contributed by atoms with E-state index in [1.165, 1.54) is 17.1 Å². The van der Waals surface area contributed by atoms with Gasteiger partial charge in [-0.25, -0.2) is 4.98 Å². The molecule has 1 aliphatic carbocycles. The lowest BCUT2D eigenvalue weighted by Gasteiger charge is -2.30. The van der Waals surface area contributed by atoms with Crippen molar-refractivity contribution in [2.45, 2.75) is 44.7 Å². The first-order valence-electron chi connectivity index (χ1n) is 9.63. The number of para-hydroxylation sites is 1. The number of rotatable bonds is 4. The first-order chi connectivity index (χ1) is 13.6. The summed E-state index contributed by atoms with van der Waals surface area (Å²) in [5.74, 6) is 0.812. The fraction of sp³-hybridized carbons (Fsp3) is 0.318. The fourth-order valence-corrected chi connectivity index (χ4v) is 3.99. The number of fused-ring (bicyclic) bond motifs is 1. The lowest BCUT2D eigenvalue weighted by Crippen LogP contribution is -2.40. The molecule has 0 radical (unpaired) electrons. The summed E-state index contributed by atoms with van der Waals surface area (Å²) in [5, 5.41) is 8.34. The van der Waals surface area contributed by atoms with Crippen molar-refractivity contribution in [1.29, 1.82) is 0 Å². The van der Waals surface area contributed by atoms with Crippen LogP contribution in [0.5, 0.6) is 0 Å². The maximum Gasteiger partial charge on any atom is 0.253 e. The van der Waals surface area contributed by atoms with E-state index >= 15 is 0 Å². The molecular formula is C22H23ClN4O. The van der Waals surface area contributed by atoms with Crippen molar-refractivity contribution in [2.24, 2.45) is 0 Å². The number of carbonyl (C=O) groups excluding carboxylic acids is 1. The number of aryl methyl sites for hydroxylation is 1. The molecule has 0 saturated heterocycles. The highest BCUT2D eigenvalue weighted by atomic mass is 35.5. The van der Waals surface area contributed by atoms with E-state index in [0.717, 1.165) is 37.0 Å². The largest absolute Gasteiger partial charge is 0.367 e. The Labute approximate surface area is 169 Å². The molecule has 1 saturated carbocycles. The smallest absolute Gasteiger partial charge is 0.253 e. The second-order valence-electron chi connectivity index (χ2n) is 7.40. The van der Waals surface area contributed by atoms with Crippen LogP contribution in [0.15, 0.2) is 48.8 Å². The summed E-state index contributed by atoms with van der Waals surface area (Å²) in [7, 11) is 0. The maximum atomic E-state index is 12.4. The van der Waals surface area contributed by atoms with Crippen molar-refractivity contribution >= 4 is 34.2 Å². The fourth-order valence-electron chi connectivity index (χ4n) is 3.82. The van der Waals surface area contributed by atoms with E-state index in [1.54, 1.807) is 12.3 Å². The Balaban J connectivity index is 1.34. The van der Waals surface area contributed by atoms with E-state index < -0.39 is 0 Å². The number of pyridine rings is 2. The molecule has 5 nitrogen and oxygen atoms in total.